The van der Waals surface area contributed by atoms with Gasteiger partial charge in [-0.05, 0) is 36.4 Å². The van der Waals surface area contributed by atoms with Crippen LogP contribution in [0.5, 0.6) is 0 Å². The number of nitrogens with one attached hydrogen (secondary N) is 1. The fraction of sp³-hybridized carbons (Fsp3) is 0. The van der Waals surface area contributed by atoms with E-state index >= 15 is 0 Å². The largest absolute Gasteiger partial charge is 0.357 e. The number of benzene rings is 2. The standard InChI is InChI=1S/C16H10FN3O/c17-11-7-5-10(6-8-11)15-16(21)20-13-4-2-1-3-12(13)18-9-14(20)19-15/h1-9,18H. The molecule has 102 valence electrons. The average molecular weight is 279 g/mol. The second kappa shape index (κ2) is 4.28. The number of fused-ring (bicyclic) bond motifs is 3. The van der Waals surface area contributed by atoms with Crippen molar-refractivity contribution in [3.05, 3.63) is 70.9 Å². The quantitative estimate of drug-likeness (QED) is 0.582. The normalized spacial score (nSPS) is 11.3. The molecule has 0 aromatic heterocycles. The van der Waals surface area contributed by atoms with Crippen molar-refractivity contribution in [2.75, 3.05) is 0 Å². The Hall–Kier alpha value is -2.95. The molecule has 21 heavy (non-hydrogen) atoms. The lowest BCUT2D eigenvalue weighted by atomic mass is 10.2. The Morgan fingerprint density at radius 1 is 1.05 bits per heavy atom. The summed E-state index contributed by atoms with van der Waals surface area (Å²) < 4.78 is 14.6. The molecule has 0 amide bonds. The Morgan fingerprint density at radius 3 is 2.62 bits per heavy atom. The molecule has 5 heteroatoms. The molecule has 0 saturated carbocycles. The summed E-state index contributed by atoms with van der Waals surface area (Å²) in [5, 5.41) is 0. The second-order valence-corrected chi connectivity index (χ2v) is 4.77. The SMILES string of the molecule is O=c1c(-c2ccc(F)cc2)nc2c[nH]c3ccccc3n1-2. The number of H-pyrrole nitrogens is 1. The molecule has 2 heterocycles. The predicted molar refractivity (Wildman–Crippen MR) is 78.3 cm³/mol. The highest BCUT2D eigenvalue weighted by Crippen LogP contribution is 2.21. The van der Waals surface area contributed by atoms with Gasteiger partial charge < -0.3 is 4.98 Å². The van der Waals surface area contributed by atoms with E-state index in [-0.39, 0.29) is 11.4 Å². The number of nitrogens with zero attached hydrogens (tertiary/aromatic N) is 2. The number of hydrogen-bond acceptors (Lipinski definition) is 2. The van der Waals surface area contributed by atoms with Gasteiger partial charge in [-0.1, -0.05) is 12.1 Å². The molecule has 4 nitrogen and oxygen atoms in total. The van der Waals surface area contributed by atoms with E-state index in [4.69, 9.17) is 0 Å². The highest BCUT2D eigenvalue weighted by Gasteiger charge is 2.17. The molecule has 4 rings (SSSR count). The lowest BCUT2D eigenvalue weighted by molar-refractivity contribution is 0.628. The molecule has 2 aliphatic rings. The Labute approximate surface area is 118 Å². The molecule has 2 aromatic carbocycles. The summed E-state index contributed by atoms with van der Waals surface area (Å²) in [5.41, 5.74) is 2.33. The van der Waals surface area contributed by atoms with Crippen molar-refractivity contribution in [1.82, 2.24) is 14.5 Å². The van der Waals surface area contributed by atoms with Crippen LogP contribution >= 0.6 is 0 Å². The Kier molecular flexibility index (Phi) is 2.41. The third kappa shape index (κ3) is 1.74. The van der Waals surface area contributed by atoms with Crippen LogP contribution in [-0.2, 0) is 0 Å². The number of hydrogen-bond donors (Lipinski definition) is 1. The average Bonchev–Trinajstić information content (AvgIpc) is 2.86. The van der Waals surface area contributed by atoms with E-state index in [1.165, 1.54) is 12.1 Å². The first-order chi connectivity index (χ1) is 10.2. The van der Waals surface area contributed by atoms with Crippen molar-refractivity contribution in [1.29, 1.82) is 0 Å². The van der Waals surface area contributed by atoms with Crippen LogP contribution in [0.2, 0.25) is 0 Å². The van der Waals surface area contributed by atoms with Crippen molar-refractivity contribution >= 4 is 11.0 Å². The Morgan fingerprint density at radius 2 is 1.81 bits per heavy atom. The van der Waals surface area contributed by atoms with Gasteiger partial charge in [-0.2, -0.15) is 0 Å². The van der Waals surface area contributed by atoms with E-state index in [0.29, 0.717) is 17.1 Å². The minimum Gasteiger partial charge on any atom is -0.357 e. The smallest absolute Gasteiger partial charge is 0.283 e. The van der Waals surface area contributed by atoms with Crippen molar-refractivity contribution in [2.45, 2.75) is 0 Å². The van der Waals surface area contributed by atoms with Gasteiger partial charge in [0, 0.05) is 11.8 Å². The predicted octanol–water partition coefficient (Wildman–Crippen LogP) is 2.96. The van der Waals surface area contributed by atoms with Crippen molar-refractivity contribution < 1.29 is 4.39 Å². The van der Waals surface area contributed by atoms with Crippen molar-refractivity contribution in [2.24, 2.45) is 0 Å². The van der Waals surface area contributed by atoms with Crippen LogP contribution in [0.3, 0.4) is 0 Å². The summed E-state index contributed by atoms with van der Waals surface area (Å²) in [6, 6.07) is 13.3. The molecule has 0 atom stereocenters. The molecule has 0 radical (unpaired) electrons. The molecule has 0 aliphatic carbocycles. The highest BCUT2D eigenvalue weighted by atomic mass is 19.1. The van der Waals surface area contributed by atoms with Gasteiger partial charge in [-0.25, -0.2) is 9.37 Å². The minimum absolute atomic E-state index is 0.207. The maximum absolute atomic E-state index is 13.0. The van der Waals surface area contributed by atoms with Gasteiger partial charge in [0.1, 0.15) is 11.5 Å². The number of aromatic amines is 1. The zero-order chi connectivity index (χ0) is 14.4. The van der Waals surface area contributed by atoms with E-state index in [1.54, 1.807) is 22.9 Å². The highest BCUT2D eigenvalue weighted by molar-refractivity contribution is 5.78. The van der Waals surface area contributed by atoms with Crippen LogP contribution in [0.15, 0.2) is 59.5 Å². The molecule has 0 spiro atoms. The van der Waals surface area contributed by atoms with Crippen LogP contribution in [0.4, 0.5) is 4.39 Å². The zero-order valence-electron chi connectivity index (χ0n) is 10.9. The van der Waals surface area contributed by atoms with E-state index < -0.39 is 0 Å². The van der Waals surface area contributed by atoms with Crippen LogP contribution in [0.25, 0.3) is 28.1 Å². The first-order valence-electron chi connectivity index (χ1n) is 6.49. The number of imidazole rings is 1. The number of para-hydroxylation sites is 2. The molecule has 0 fully saturated rings. The van der Waals surface area contributed by atoms with Crippen LogP contribution in [-0.4, -0.2) is 14.5 Å². The summed E-state index contributed by atoms with van der Waals surface area (Å²) in [4.78, 5) is 20.1. The van der Waals surface area contributed by atoms with Crippen LogP contribution < -0.4 is 5.56 Å². The molecular formula is C16H10FN3O. The molecule has 0 saturated heterocycles. The Bertz CT molecular complexity index is 969. The maximum atomic E-state index is 13.0. The van der Waals surface area contributed by atoms with E-state index in [2.05, 4.69) is 9.97 Å². The Balaban J connectivity index is 2.06. The lowest BCUT2D eigenvalue weighted by Gasteiger charge is -2.05. The third-order valence-electron chi connectivity index (χ3n) is 3.48. The summed E-state index contributed by atoms with van der Waals surface area (Å²) >= 11 is 0. The summed E-state index contributed by atoms with van der Waals surface area (Å²) in [7, 11) is 0. The van der Waals surface area contributed by atoms with Gasteiger partial charge in [0.05, 0.1) is 11.0 Å². The molecule has 0 unspecified atom stereocenters. The summed E-state index contributed by atoms with van der Waals surface area (Å²) in [6.45, 7) is 0. The number of aromatic nitrogens is 3. The fourth-order valence-corrected chi connectivity index (χ4v) is 2.48. The molecule has 2 aromatic rings. The van der Waals surface area contributed by atoms with Crippen LogP contribution in [0, 0.1) is 5.82 Å². The first-order valence-corrected chi connectivity index (χ1v) is 6.49. The molecular weight excluding hydrogens is 269 g/mol. The monoisotopic (exact) mass is 279 g/mol. The second-order valence-electron chi connectivity index (χ2n) is 4.77. The summed E-state index contributed by atoms with van der Waals surface area (Å²) in [6.07, 6.45) is 1.69. The van der Waals surface area contributed by atoms with Gasteiger partial charge >= 0.3 is 0 Å². The fourth-order valence-electron chi connectivity index (χ4n) is 2.48. The number of halogens is 1. The maximum Gasteiger partial charge on any atom is 0.283 e. The minimum atomic E-state index is -0.339. The molecule has 0 bridgehead atoms. The van der Waals surface area contributed by atoms with Gasteiger partial charge in [-0.3, -0.25) is 9.36 Å². The van der Waals surface area contributed by atoms with Gasteiger partial charge in [0.25, 0.3) is 5.56 Å². The zero-order valence-corrected chi connectivity index (χ0v) is 10.9. The van der Waals surface area contributed by atoms with Crippen molar-refractivity contribution in [3.8, 4) is 17.1 Å². The number of rotatable bonds is 1. The lowest BCUT2D eigenvalue weighted by Crippen LogP contribution is -2.14. The van der Waals surface area contributed by atoms with E-state index in [1.807, 2.05) is 24.3 Å². The van der Waals surface area contributed by atoms with Gasteiger partial charge in [0.15, 0.2) is 5.82 Å². The van der Waals surface area contributed by atoms with Gasteiger partial charge in [0.2, 0.25) is 0 Å². The molecule has 1 N–H and O–H groups in total. The summed E-state index contributed by atoms with van der Waals surface area (Å²) in [5.74, 6) is 0.201. The van der Waals surface area contributed by atoms with Gasteiger partial charge in [-0.15, -0.1) is 0 Å². The molecule has 2 aliphatic heterocycles. The van der Waals surface area contributed by atoms with E-state index in [0.717, 1.165) is 11.0 Å². The van der Waals surface area contributed by atoms with Crippen molar-refractivity contribution in [3.63, 3.8) is 0 Å². The third-order valence-corrected chi connectivity index (χ3v) is 3.48. The van der Waals surface area contributed by atoms with E-state index in [9.17, 15) is 9.18 Å². The van der Waals surface area contributed by atoms with Crippen LogP contribution in [0.1, 0.15) is 0 Å². The topological polar surface area (TPSA) is 50.7 Å². The first kappa shape index (κ1) is 11.8.